The summed E-state index contributed by atoms with van der Waals surface area (Å²) in [5.74, 6) is 0.669. The predicted molar refractivity (Wildman–Crippen MR) is 140 cm³/mol. The van der Waals surface area contributed by atoms with Gasteiger partial charge in [-0.05, 0) is 43.7 Å². The van der Waals surface area contributed by atoms with Crippen LogP contribution in [0.5, 0.6) is 0 Å². The normalized spacial score (nSPS) is 20.1. The molecule has 34 heavy (non-hydrogen) atoms. The van der Waals surface area contributed by atoms with Gasteiger partial charge in [0.05, 0.1) is 11.4 Å². The van der Waals surface area contributed by atoms with Gasteiger partial charge in [-0.1, -0.05) is 56.4 Å². The van der Waals surface area contributed by atoms with Crippen LogP contribution in [0.2, 0.25) is 0 Å². The van der Waals surface area contributed by atoms with Gasteiger partial charge in [0.15, 0.2) is 0 Å². The maximum absolute atomic E-state index is 13.1. The van der Waals surface area contributed by atoms with Crippen molar-refractivity contribution in [3.8, 4) is 11.1 Å². The summed E-state index contributed by atoms with van der Waals surface area (Å²) in [6.45, 7) is 3.47. The van der Waals surface area contributed by atoms with Crippen molar-refractivity contribution in [3.63, 3.8) is 0 Å². The Balaban J connectivity index is 1.36. The van der Waals surface area contributed by atoms with E-state index in [1.165, 1.54) is 43.4 Å². The summed E-state index contributed by atoms with van der Waals surface area (Å²) >= 11 is 1.44. The third-order valence-corrected chi connectivity index (χ3v) is 8.36. The van der Waals surface area contributed by atoms with Crippen LogP contribution in [0.4, 0.5) is 5.95 Å². The molecule has 0 spiro atoms. The Morgan fingerprint density at radius 2 is 1.82 bits per heavy atom. The largest absolute Gasteiger partial charge is 0.353 e. The molecule has 2 N–H and O–H groups in total. The van der Waals surface area contributed by atoms with E-state index in [1.54, 1.807) is 0 Å². The Morgan fingerprint density at radius 3 is 2.62 bits per heavy atom. The molecule has 2 fully saturated rings. The third-order valence-electron chi connectivity index (χ3n) is 7.39. The predicted octanol–water partition coefficient (Wildman–Crippen LogP) is 5.41. The molecule has 1 aliphatic heterocycles. The van der Waals surface area contributed by atoms with Crippen LogP contribution in [0.1, 0.15) is 63.4 Å². The van der Waals surface area contributed by atoms with Crippen molar-refractivity contribution in [1.29, 1.82) is 0 Å². The maximum Gasteiger partial charge on any atom is 0.270 e. The number of anilines is 1. The van der Waals surface area contributed by atoms with Crippen molar-refractivity contribution in [2.24, 2.45) is 5.92 Å². The maximum atomic E-state index is 13.1. The third kappa shape index (κ3) is 4.90. The quantitative estimate of drug-likeness (QED) is 0.526. The van der Waals surface area contributed by atoms with Crippen molar-refractivity contribution in [2.45, 2.75) is 70.8 Å². The van der Waals surface area contributed by atoms with Crippen LogP contribution >= 0.6 is 11.3 Å². The van der Waals surface area contributed by atoms with E-state index in [2.05, 4.69) is 34.3 Å². The second-order valence-corrected chi connectivity index (χ2v) is 10.7. The van der Waals surface area contributed by atoms with Gasteiger partial charge in [-0.2, -0.15) is 0 Å². The Morgan fingerprint density at radius 1 is 1.06 bits per heavy atom. The molecule has 0 bridgehead atoms. The molecule has 2 aromatic heterocycles. The molecule has 1 aromatic carbocycles. The van der Waals surface area contributed by atoms with Gasteiger partial charge in [-0.25, -0.2) is 4.98 Å². The molecule has 1 aliphatic carbocycles. The molecule has 3 heterocycles. The number of fused-ring (bicyclic) bond motifs is 1. The fourth-order valence-corrected chi connectivity index (χ4v) is 6.33. The molecular formula is C27H34N4O2S. The molecule has 6 nitrogen and oxygen atoms in total. The lowest BCUT2D eigenvalue weighted by atomic mass is 9.94. The number of nitrogens with zero attached hydrogens (tertiary/aromatic N) is 2. The van der Waals surface area contributed by atoms with E-state index < -0.39 is 0 Å². The number of carbonyl (C=O) groups excluding carboxylic acids is 1. The molecule has 1 atom stereocenters. The zero-order valence-electron chi connectivity index (χ0n) is 19.9. The molecule has 180 valence electrons. The fraction of sp³-hybridized carbons (Fsp3) is 0.519. The van der Waals surface area contributed by atoms with Crippen LogP contribution in [0.15, 0.2) is 34.4 Å². The van der Waals surface area contributed by atoms with Crippen molar-refractivity contribution in [2.75, 3.05) is 18.0 Å². The number of amides is 1. The number of hydrogen-bond donors (Lipinski definition) is 2. The van der Waals surface area contributed by atoms with Crippen molar-refractivity contribution >= 4 is 33.4 Å². The summed E-state index contributed by atoms with van der Waals surface area (Å²) < 4.78 is 0.651. The standard InChI is InChI=1S/C27H34N4O2S/c1-18-10-7-8-14-21(18)22-17-34-24-23(22)29-27(30-26(24)33)31-15-9-11-19(16-31)25(32)28-20-12-5-3-2-4-6-13-20/h7-8,10,14,17,19-20H,2-6,9,11-13,15-16H2,1H3,(H,28,32)(H,29,30,33)/t19-/m1/s1. The number of rotatable bonds is 4. The second kappa shape index (κ2) is 10.3. The van der Waals surface area contributed by atoms with Gasteiger partial charge in [-0.15, -0.1) is 11.3 Å². The van der Waals surface area contributed by atoms with Gasteiger partial charge >= 0.3 is 0 Å². The first-order valence-electron chi connectivity index (χ1n) is 12.7. The van der Waals surface area contributed by atoms with Gasteiger partial charge < -0.3 is 10.2 Å². The highest BCUT2D eigenvalue weighted by atomic mass is 32.1. The topological polar surface area (TPSA) is 78.1 Å². The Kier molecular flexibility index (Phi) is 6.99. The lowest BCUT2D eigenvalue weighted by Gasteiger charge is -2.33. The summed E-state index contributed by atoms with van der Waals surface area (Å²) in [6.07, 6.45) is 10.3. The van der Waals surface area contributed by atoms with E-state index in [0.29, 0.717) is 23.2 Å². The Hall–Kier alpha value is -2.67. The summed E-state index contributed by atoms with van der Waals surface area (Å²) in [7, 11) is 0. The lowest BCUT2D eigenvalue weighted by Crippen LogP contribution is -2.46. The van der Waals surface area contributed by atoms with Gasteiger partial charge in [-0.3, -0.25) is 14.6 Å². The highest BCUT2D eigenvalue weighted by Gasteiger charge is 2.29. The highest BCUT2D eigenvalue weighted by molar-refractivity contribution is 7.17. The van der Waals surface area contributed by atoms with Crippen LogP contribution in [0.25, 0.3) is 21.3 Å². The van der Waals surface area contributed by atoms with E-state index in [0.717, 1.165) is 54.4 Å². The minimum atomic E-state index is -0.106. The number of aryl methyl sites for hydroxylation is 1. The molecule has 2 aliphatic rings. The van der Waals surface area contributed by atoms with Gasteiger partial charge in [0, 0.05) is 30.1 Å². The summed E-state index contributed by atoms with van der Waals surface area (Å²) in [6, 6.07) is 8.51. The van der Waals surface area contributed by atoms with Crippen LogP contribution in [0.3, 0.4) is 0 Å². The number of H-pyrrole nitrogens is 1. The number of aromatic amines is 1. The first kappa shape index (κ1) is 23.1. The molecular weight excluding hydrogens is 444 g/mol. The summed E-state index contributed by atoms with van der Waals surface area (Å²) in [5, 5.41) is 5.37. The molecule has 1 saturated heterocycles. The number of benzene rings is 1. The lowest BCUT2D eigenvalue weighted by molar-refractivity contribution is -0.126. The van der Waals surface area contributed by atoms with Crippen molar-refractivity contribution < 1.29 is 4.79 Å². The SMILES string of the molecule is Cc1ccccc1-c1csc2c(=O)[nH]c(N3CCC[C@@H](C(=O)NC4CCCCCCC4)C3)nc12. The number of piperidine rings is 1. The van der Waals surface area contributed by atoms with E-state index in [4.69, 9.17) is 4.98 Å². The molecule has 1 amide bonds. The first-order valence-corrected chi connectivity index (χ1v) is 13.6. The zero-order valence-corrected chi connectivity index (χ0v) is 20.8. The van der Waals surface area contributed by atoms with Crippen LogP contribution in [-0.4, -0.2) is 35.0 Å². The number of thiophene rings is 1. The van der Waals surface area contributed by atoms with E-state index >= 15 is 0 Å². The van der Waals surface area contributed by atoms with Crippen molar-refractivity contribution in [1.82, 2.24) is 15.3 Å². The smallest absolute Gasteiger partial charge is 0.270 e. The van der Waals surface area contributed by atoms with Gasteiger partial charge in [0.25, 0.3) is 5.56 Å². The molecule has 7 heteroatoms. The molecule has 1 saturated carbocycles. The first-order chi connectivity index (χ1) is 16.6. The molecule has 3 aromatic rings. The van der Waals surface area contributed by atoms with Crippen LogP contribution in [-0.2, 0) is 4.79 Å². The monoisotopic (exact) mass is 478 g/mol. The van der Waals surface area contributed by atoms with E-state index in [-0.39, 0.29) is 17.4 Å². The van der Waals surface area contributed by atoms with E-state index in [1.807, 2.05) is 17.5 Å². The summed E-state index contributed by atoms with van der Waals surface area (Å²) in [4.78, 5) is 36.0. The zero-order chi connectivity index (χ0) is 23.5. The average molecular weight is 479 g/mol. The average Bonchev–Trinajstić information content (AvgIpc) is 3.25. The molecule has 0 radical (unpaired) electrons. The van der Waals surface area contributed by atoms with Crippen molar-refractivity contribution in [3.05, 3.63) is 45.6 Å². The van der Waals surface area contributed by atoms with Crippen LogP contribution in [0, 0.1) is 12.8 Å². The molecule has 5 rings (SSSR count). The number of aromatic nitrogens is 2. The molecule has 0 unspecified atom stereocenters. The van der Waals surface area contributed by atoms with Gasteiger partial charge in [0.1, 0.15) is 4.70 Å². The minimum absolute atomic E-state index is 0.0708. The summed E-state index contributed by atoms with van der Waals surface area (Å²) in [5.41, 5.74) is 3.91. The fourth-order valence-electron chi connectivity index (χ4n) is 5.43. The Labute approximate surface area is 204 Å². The second-order valence-electron chi connectivity index (χ2n) is 9.87. The highest BCUT2D eigenvalue weighted by Crippen LogP contribution is 2.34. The number of hydrogen-bond acceptors (Lipinski definition) is 5. The number of nitrogens with one attached hydrogen (secondary N) is 2. The Bertz CT molecular complexity index is 1210. The van der Waals surface area contributed by atoms with Crippen LogP contribution < -0.4 is 15.8 Å². The number of carbonyl (C=O) groups is 1. The minimum Gasteiger partial charge on any atom is -0.353 e. The van der Waals surface area contributed by atoms with E-state index in [9.17, 15) is 9.59 Å². The van der Waals surface area contributed by atoms with Gasteiger partial charge in [0.2, 0.25) is 11.9 Å².